The summed E-state index contributed by atoms with van der Waals surface area (Å²) in [5, 5.41) is 0.136. The van der Waals surface area contributed by atoms with E-state index in [2.05, 4.69) is 15.9 Å². The molecule has 0 amide bonds. The Morgan fingerprint density at radius 3 is 2.63 bits per heavy atom. The van der Waals surface area contributed by atoms with Crippen LogP contribution in [0.25, 0.3) is 0 Å². The molecule has 0 aliphatic rings. The zero-order valence-electron chi connectivity index (χ0n) is 10.5. The number of hydrogen-bond donors (Lipinski definition) is 1. The molecule has 0 spiro atoms. The van der Waals surface area contributed by atoms with Crippen LogP contribution in [0.1, 0.15) is 22.7 Å². The maximum Gasteiger partial charge on any atom is 0.142 e. The van der Waals surface area contributed by atoms with Crippen molar-refractivity contribution >= 4 is 27.5 Å². The molecule has 19 heavy (non-hydrogen) atoms. The molecule has 1 nitrogen and oxygen atoms in total. The molecule has 0 saturated carbocycles. The third-order valence-corrected chi connectivity index (χ3v) is 4.25. The largest absolute Gasteiger partial charge is 0.324 e. The van der Waals surface area contributed by atoms with E-state index in [0.717, 1.165) is 21.2 Å². The van der Waals surface area contributed by atoms with Gasteiger partial charge in [-0.15, -0.1) is 0 Å². The number of hydrogen-bond acceptors (Lipinski definition) is 1. The zero-order valence-corrected chi connectivity index (χ0v) is 12.8. The number of nitrogens with two attached hydrogens (primary N) is 1. The molecule has 2 aromatic carbocycles. The van der Waals surface area contributed by atoms with Gasteiger partial charge in [0.15, 0.2) is 0 Å². The molecule has 2 N–H and O–H groups in total. The SMILES string of the molecule is Cc1cc(C(N)Cc2ccc(Cl)c(F)c2)ccc1Br. The standard InChI is InChI=1S/C15H14BrClFN/c1-9-6-11(3-4-12(9)16)15(19)8-10-2-5-13(17)14(18)7-10/h2-7,15H,8,19H2,1H3. The van der Waals surface area contributed by atoms with Crippen LogP contribution in [0.3, 0.4) is 0 Å². The second-order valence-corrected chi connectivity index (χ2v) is 5.83. The predicted octanol–water partition coefficient (Wildman–Crippen LogP) is 4.79. The minimum atomic E-state index is -0.404. The molecule has 2 aromatic rings. The summed E-state index contributed by atoms with van der Waals surface area (Å²) in [6.45, 7) is 2.02. The molecule has 0 aliphatic heterocycles. The number of halogens is 3. The lowest BCUT2D eigenvalue weighted by molar-refractivity contribution is 0.622. The van der Waals surface area contributed by atoms with Gasteiger partial charge in [-0.2, -0.15) is 0 Å². The molecule has 4 heteroatoms. The number of benzene rings is 2. The summed E-state index contributed by atoms with van der Waals surface area (Å²) in [6.07, 6.45) is 0.579. The summed E-state index contributed by atoms with van der Waals surface area (Å²) in [5.74, 6) is -0.404. The Labute approximate surface area is 125 Å². The van der Waals surface area contributed by atoms with Gasteiger partial charge in [0.05, 0.1) is 5.02 Å². The number of rotatable bonds is 3. The fourth-order valence-corrected chi connectivity index (χ4v) is 2.30. The first kappa shape index (κ1) is 14.5. The molecular weight excluding hydrogens is 329 g/mol. The Balaban J connectivity index is 2.17. The van der Waals surface area contributed by atoms with Crippen LogP contribution in [-0.2, 0) is 6.42 Å². The average Bonchev–Trinajstić information content (AvgIpc) is 2.37. The fourth-order valence-electron chi connectivity index (χ4n) is 1.94. The summed E-state index contributed by atoms with van der Waals surface area (Å²) < 4.78 is 14.4. The van der Waals surface area contributed by atoms with Gasteiger partial charge in [0.25, 0.3) is 0 Å². The molecule has 0 bridgehead atoms. The van der Waals surface area contributed by atoms with Crippen molar-refractivity contribution in [2.45, 2.75) is 19.4 Å². The van der Waals surface area contributed by atoms with E-state index in [1.807, 2.05) is 25.1 Å². The summed E-state index contributed by atoms with van der Waals surface area (Å²) >= 11 is 9.12. The summed E-state index contributed by atoms with van der Waals surface area (Å²) in [5.41, 5.74) is 9.18. The lowest BCUT2D eigenvalue weighted by Gasteiger charge is -2.14. The highest BCUT2D eigenvalue weighted by molar-refractivity contribution is 9.10. The lowest BCUT2D eigenvalue weighted by Crippen LogP contribution is -2.13. The van der Waals surface area contributed by atoms with Gasteiger partial charge >= 0.3 is 0 Å². The Bertz CT molecular complexity index is 601. The molecule has 0 aliphatic carbocycles. The van der Waals surface area contributed by atoms with E-state index in [-0.39, 0.29) is 11.1 Å². The van der Waals surface area contributed by atoms with Crippen molar-refractivity contribution in [3.63, 3.8) is 0 Å². The second-order valence-electron chi connectivity index (χ2n) is 4.57. The smallest absolute Gasteiger partial charge is 0.142 e. The van der Waals surface area contributed by atoms with E-state index >= 15 is 0 Å². The van der Waals surface area contributed by atoms with Crippen LogP contribution >= 0.6 is 27.5 Å². The van der Waals surface area contributed by atoms with Crippen molar-refractivity contribution in [2.75, 3.05) is 0 Å². The van der Waals surface area contributed by atoms with Gasteiger partial charge in [-0.1, -0.05) is 45.7 Å². The van der Waals surface area contributed by atoms with Gasteiger partial charge in [-0.3, -0.25) is 0 Å². The lowest BCUT2D eigenvalue weighted by atomic mass is 9.98. The van der Waals surface area contributed by atoms with Crippen LogP contribution in [0, 0.1) is 12.7 Å². The molecule has 0 saturated heterocycles. The quantitative estimate of drug-likeness (QED) is 0.852. The van der Waals surface area contributed by atoms with E-state index in [1.165, 1.54) is 6.07 Å². The molecule has 0 heterocycles. The monoisotopic (exact) mass is 341 g/mol. The Morgan fingerprint density at radius 2 is 2.00 bits per heavy atom. The summed E-state index contributed by atoms with van der Waals surface area (Å²) in [4.78, 5) is 0. The maximum absolute atomic E-state index is 13.4. The van der Waals surface area contributed by atoms with Crippen LogP contribution < -0.4 is 5.73 Å². The molecule has 1 atom stereocenters. The van der Waals surface area contributed by atoms with Crippen molar-refractivity contribution in [3.8, 4) is 0 Å². The van der Waals surface area contributed by atoms with Crippen molar-refractivity contribution in [2.24, 2.45) is 5.73 Å². The number of aryl methyl sites for hydroxylation is 1. The van der Waals surface area contributed by atoms with Crippen LogP contribution in [0.15, 0.2) is 40.9 Å². The van der Waals surface area contributed by atoms with Crippen LogP contribution in [0.2, 0.25) is 5.02 Å². The Hall–Kier alpha value is -0.900. The van der Waals surface area contributed by atoms with Gasteiger partial charge in [0.2, 0.25) is 0 Å². The van der Waals surface area contributed by atoms with Crippen LogP contribution in [0.4, 0.5) is 4.39 Å². The zero-order chi connectivity index (χ0) is 14.0. The molecule has 1 unspecified atom stereocenters. The van der Waals surface area contributed by atoms with Crippen molar-refractivity contribution in [1.82, 2.24) is 0 Å². The molecule has 0 radical (unpaired) electrons. The van der Waals surface area contributed by atoms with Gasteiger partial charge in [-0.25, -0.2) is 4.39 Å². The predicted molar refractivity (Wildman–Crippen MR) is 80.9 cm³/mol. The molecular formula is C15H14BrClFN. The van der Waals surface area contributed by atoms with E-state index in [1.54, 1.807) is 12.1 Å². The average molecular weight is 343 g/mol. The highest BCUT2D eigenvalue weighted by Crippen LogP contribution is 2.23. The minimum absolute atomic E-state index is 0.136. The summed E-state index contributed by atoms with van der Waals surface area (Å²) in [7, 11) is 0. The van der Waals surface area contributed by atoms with Gasteiger partial charge < -0.3 is 5.73 Å². The van der Waals surface area contributed by atoms with E-state index in [9.17, 15) is 4.39 Å². The first-order valence-corrected chi connectivity index (χ1v) is 7.10. The maximum atomic E-state index is 13.4. The third-order valence-electron chi connectivity index (χ3n) is 3.05. The van der Waals surface area contributed by atoms with Crippen LogP contribution in [-0.4, -0.2) is 0 Å². The topological polar surface area (TPSA) is 26.0 Å². The Kier molecular flexibility index (Phi) is 4.61. The first-order chi connectivity index (χ1) is 8.97. The van der Waals surface area contributed by atoms with E-state index in [0.29, 0.717) is 6.42 Å². The van der Waals surface area contributed by atoms with Crippen molar-refractivity contribution in [3.05, 3.63) is 68.4 Å². The van der Waals surface area contributed by atoms with Crippen LogP contribution in [0.5, 0.6) is 0 Å². The second kappa shape index (κ2) is 6.04. The normalized spacial score (nSPS) is 12.5. The van der Waals surface area contributed by atoms with Gasteiger partial charge in [0, 0.05) is 10.5 Å². The molecule has 0 aromatic heterocycles. The highest BCUT2D eigenvalue weighted by atomic mass is 79.9. The fraction of sp³-hybridized carbons (Fsp3) is 0.200. The van der Waals surface area contributed by atoms with E-state index < -0.39 is 5.82 Å². The third kappa shape index (κ3) is 3.56. The highest BCUT2D eigenvalue weighted by Gasteiger charge is 2.10. The van der Waals surface area contributed by atoms with Gasteiger partial charge in [0.1, 0.15) is 5.82 Å². The first-order valence-electron chi connectivity index (χ1n) is 5.93. The van der Waals surface area contributed by atoms with Gasteiger partial charge in [-0.05, 0) is 48.2 Å². The molecule has 0 fully saturated rings. The molecule has 100 valence electrons. The molecule has 2 rings (SSSR count). The Morgan fingerprint density at radius 1 is 1.26 bits per heavy atom. The minimum Gasteiger partial charge on any atom is -0.324 e. The summed E-state index contributed by atoms with van der Waals surface area (Å²) in [6, 6.07) is 10.6. The van der Waals surface area contributed by atoms with Crippen molar-refractivity contribution < 1.29 is 4.39 Å². The van der Waals surface area contributed by atoms with Crippen molar-refractivity contribution in [1.29, 1.82) is 0 Å². The van der Waals surface area contributed by atoms with E-state index in [4.69, 9.17) is 17.3 Å².